The average molecular weight is 285 g/mol. The minimum atomic E-state index is -0.345. The summed E-state index contributed by atoms with van der Waals surface area (Å²) in [6, 6.07) is 5.06. The minimum Gasteiger partial charge on any atom is -0.384 e. The maximum atomic E-state index is 11.1. The standard InChI is InChI=1S/C16H19N3O2/c1-11(2)16(6-7-16)10-18-14-3-4-15(19(20)21)12-5-8-17-9-13(12)14/h3-5,8-9,11,18H,6-7,10H2,1-2H3. The number of rotatable bonds is 5. The Labute approximate surface area is 123 Å². The molecular weight excluding hydrogens is 266 g/mol. The van der Waals surface area contributed by atoms with E-state index in [0.29, 0.717) is 16.7 Å². The average Bonchev–Trinajstić information content (AvgIpc) is 3.25. The van der Waals surface area contributed by atoms with Gasteiger partial charge in [0.1, 0.15) is 0 Å². The first kappa shape index (κ1) is 13.8. The van der Waals surface area contributed by atoms with E-state index in [4.69, 9.17) is 0 Å². The minimum absolute atomic E-state index is 0.128. The molecule has 21 heavy (non-hydrogen) atoms. The van der Waals surface area contributed by atoms with E-state index in [-0.39, 0.29) is 10.6 Å². The number of nitrogens with one attached hydrogen (secondary N) is 1. The number of hydrogen-bond acceptors (Lipinski definition) is 4. The highest BCUT2D eigenvalue weighted by Crippen LogP contribution is 2.51. The maximum Gasteiger partial charge on any atom is 0.277 e. The van der Waals surface area contributed by atoms with Crippen LogP contribution in [0.3, 0.4) is 0 Å². The molecule has 0 bridgehead atoms. The van der Waals surface area contributed by atoms with Crippen LogP contribution in [0.1, 0.15) is 26.7 Å². The van der Waals surface area contributed by atoms with E-state index >= 15 is 0 Å². The van der Waals surface area contributed by atoms with Crippen molar-refractivity contribution < 1.29 is 4.92 Å². The van der Waals surface area contributed by atoms with Crippen molar-refractivity contribution in [1.82, 2.24) is 4.98 Å². The van der Waals surface area contributed by atoms with Crippen LogP contribution in [0.15, 0.2) is 30.6 Å². The summed E-state index contributed by atoms with van der Waals surface area (Å²) in [6.45, 7) is 5.42. The molecule has 1 aliphatic rings. The van der Waals surface area contributed by atoms with Crippen LogP contribution in [0, 0.1) is 21.4 Å². The van der Waals surface area contributed by atoms with Crippen LogP contribution in [-0.4, -0.2) is 16.5 Å². The molecule has 0 aliphatic heterocycles. The van der Waals surface area contributed by atoms with Gasteiger partial charge in [0, 0.05) is 36.1 Å². The number of aromatic nitrogens is 1. The Balaban J connectivity index is 1.93. The molecule has 1 N–H and O–H groups in total. The Kier molecular flexibility index (Phi) is 3.27. The zero-order valence-corrected chi connectivity index (χ0v) is 12.3. The van der Waals surface area contributed by atoms with Crippen LogP contribution < -0.4 is 5.32 Å². The summed E-state index contributed by atoms with van der Waals surface area (Å²) < 4.78 is 0. The van der Waals surface area contributed by atoms with E-state index in [1.165, 1.54) is 12.8 Å². The summed E-state index contributed by atoms with van der Waals surface area (Å²) in [5.74, 6) is 0.646. The van der Waals surface area contributed by atoms with Crippen molar-refractivity contribution in [3.63, 3.8) is 0 Å². The molecular formula is C16H19N3O2. The predicted molar refractivity (Wildman–Crippen MR) is 83.4 cm³/mol. The molecule has 110 valence electrons. The van der Waals surface area contributed by atoms with Crippen LogP contribution in [0.4, 0.5) is 11.4 Å². The van der Waals surface area contributed by atoms with Crippen molar-refractivity contribution in [3.8, 4) is 0 Å². The molecule has 5 heteroatoms. The molecule has 0 radical (unpaired) electrons. The summed E-state index contributed by atoms with van der Waals surface area (Å²) in [6.07, 6.45) is 5.79. The molecule has 2 aromatic rings. The van der Waals surface area contributed by atoms with Crippen molar-refractivity contribution in [2.24, 2.45) is 11.3 Å². The molecule has 1 aromatic heterocycles. The Morgan fingerprint density at radius 1 is 1.33 bits per heavy atom. The number of nitro groups is 1. The number of hydrogen-bond donors (Lipinski definition) is 1. The lowest BCUT2D eigenvalue weighted by Gasteiger charge is -2.21. The number of benzene rings is 1. The van der Waals surface area contributed by atoms with E-state index < -0.39 is 0 Å². The highest BCUT2D eigenvalue weighted by Gasteiger charge is 2.44. The topological polar surface area (TPSA) is 68.1 Å². The van der Waals surface area contributed by atoms with E-state index in [1.807, 2.05) is 0 Å². The third-order valence-corrected chi connectivity index (χ3v) is 4.74. The largest absolute Gasteiger partial charge is 0.384 e. The summed E-state index contributed by atoms with van der Waals surface area (Å²) in [5.41, 5.74) is 1.44. The summed E-state index contributed by atoms with van der Waals surface area (Å²) in [7, 11) is 0. The molecule has 5 nitrogen and oxygen atoms in total. The van der Waals surface area contributed by atoms with Gasteiger partial charge in [0.2, 0.25) is 0 Å². The molecule has 3 rings (SSSR count). The van der Waals surface area contributed by atoms with Gasteiger partial charge in [-0.25, -0.2) is 0 Å². The fourth-order valence-electron chi connectivity index (χ4n) is 2.88. The predicted octanol–water partition coefficient (Wildman–Crippen LogP) is 3.99. The molecule has 1 aromatic carbocycles. The normalized spacial score (nSPS) is 16.1. The molecule has 0 amide bonds. The number of fused-ring (bicyclic) bond motifs is 1. The maximum absolute atomic E-state index is 11.1. The number of non-ortho nitro benzene ring substituents is 1. The molecule has 1 fully saturated rings. The van der Waals surface area contributed by atoms with Crippen LogP contribution in [0.25, 0.3) is 10.8 Å². The molecule has 1 saturated carbocycles. The second-order valence-corrected chi connectivity index (χ2v) is 6.18. The van der Waals surface area contributed by atoms with Gasteiger partial charge < -0.3 is 5.32 Å². The third-order valence-electron chi connectivity index (χ3n) is 4.74. The quantitative estimate of drug-likeness (QED) is 0.666. The Bertz CT molecular complexity index is 693. The number of nitro benzene ring substituents is 1. The van der Waals surface area contributed by atoms with Gasteiger partial charge in [0.15, 0.2) is 0 Å². The van der Waals surface area contributed by atoms with Gasteiger partial charge in [-0.3, -0.25) is 15.1 Å². The molecule has 0 atom stereocenters. The Hall–Kier alpha value is -2.17. The lowest BCUT2D eigenvalue weighted by atomic mass is 9.92. The lowest BCUT2D eigenvalue weighted by Crippen LogP contribution is -2.21. The first-order chi connectivity index (χ1) is 10.0. The Morgan fingerprint density at radius 3 is 2.71 bits per heavy atom. The third kappa shape index (κ3) is 2.44. The van der Waals surface area contributed by atoms with E-state index in [0.717, 1.165) is 17.6 Å². The summed E-state index contributed by atoms with van der Waals surface area (Å²) in [5, 5.41) is 16.0. The molecule has 0 unspecified atom stereocenters. The van der Waals surface area contributed by atoms with Gasteiger partial charge in [-0.1, -0.05) is 13.8 Å². The first-order valence-corrected chi connectivity index (χ1v) is 7.28. The fourth-order valence-corrected chi connectivity index (χ4v) is 2.88. The monoisotopic (exact) mass is 285 g/mol. The van der Waals surface area contributed by atoms with E-state index in [9.17, 15) is 10.1 Å². The van der Waals surface area contributed by atoms with Gasteiger partial charge in [0.25, 0.3) is 5.69 Å². The first-order valence-electron chi connectivity index (χ1n) is 7.28. The van der Waals surface area contributed by atoms with Crippen LogP contribution >= 0.6 is 0 Å². The summed E-state index contributed by atoms with van der Waals surface area (Å²) >= 11 is 0. The van der Waals surface area contributed by atoms with Crippen molar-refractivity contribution in [3.05, 3.63) is 40.7 Å². The van der Waals surface area contributed by atoms with Gasteiger partial charge in [-0.2, -0.15) is 0 Å². The highest BCUT2D eigenvalue weighted by atomic mass is 16.6. The molecule has 1 heterocycles. The van der Waals surface area contributed by atoms with Gasteiger partial charge in [0.05, 0.1) is 10.3 Å². The van der Waals surface area contributed by atoms with Gasteiger partial charge >= 0.3 is 0 Å². The van der Waals surface area contributed by atoms with E-state index in [1.54, 1.807) is 30.6 Å². The second-order valence-electron chi connectivity index (χ2n) is 6.18. The number of anilines is 1. The lowest BCUT2D eigenvalue weighted by molar-refractivity contribution is -0.383. The van der Waals surface area contributed by atoms with Crippen molar-refractivity contribution in [2.45, 2.75) is 26.7 Å². The molecule has 0 saturated heterocycles. The van der Waals surface area contributed by atoms with E-state index in [2.05, 4.69) is 24.1 Å². The highest BCUT2D eigenvalue weighted by molar-refractivity contribution is 5.99. The van der Waals surface area contributed by atoms with Crippen LogP contribution in [0.2, 0.25) is 0 Å². The molecule has 1 aliphatic carbocycles. The zero-order chi connectivity index (χ0) is 15.0. The van der Waals surface area contributed by atoms with Gasteiger partial charge in [-0.15, -0.1) is 0 Å². The second kappa shape index (κ2) is 4.98. The Morgan fingerprint density at radius 2 is 2.10 bits per heavy atom. The summed E-state index contributed by atoms with van der Waals surface area (Å²) in [4.78, 5) is 14.9. The van der Waals surface area contributed by atoms with Crippen molar-refractivity contribution in [1.29, 1.82) is 0 Å². The van der Waals surface area contributed by atoms with Crippen LogP contribution in [-0.2, 0) is 0 Å². The molecule has 0 spiro atoms. The number of nitrogens with zero attached hydrogens (tertiary/aromatic N) is 2. The smallest absolute Gasteiger partial charge is 0.277 e. The fraction of sp³-hybridized carbons (Fsp3) is 0.438. The SMILES string of the molecule is CC(C)C1(CNc2ccc([N+](=O)[O-])c3ccncc23)CC1. The zero-order valence-electron chi connectivity index (χ0n) is 12.3. The van der Waals surface area contributed by atoms with Crippen molar-refractivity contribution in [2.75, 3.05) is 11.9 Å². The van der Waals surface area contributed by atoms with Crippen LogP contribution in [0.5, 0.6) is 0 Å². The van der Waals surface area contributed by atoms with Crippen molar-refractivity contribution >= 4 is 22.1 Å². The number of pyridine rings is 1. The van der Waals surface area contributed by atoms with Gasteiger partial charge in [-0.05, 0) is 36.3 Å².